The molecule has 0 aliphatic carbocycles. The molecule has 0 heterocycles. The molecule has 0 amide bonds. The van der Waals surface area contributed by atoms with Crippen molar-refractivity contribution in [2.45, 2.75) is 110 Å². The van der Waals surface area contributed by atoms with E-state index in [9.17, 15) is 27.9 Å². The second-order valence-corrected chi connectivity index (χ2v) is 11.8. The molecular formula is C38H47F3O5. The number of unbranched alkanes of at least 4 members (excludes halogenated alkanes) is 10. The number of hydrogen-bond donors (Lipinski definition) is 1. The minimum atomic E-state index is -4.64. The predicted molar refractivity (Wildman–Crippen MR) is 176 cm³/mol. The lowest BCUT2D eigenvalue weighted by molar-refractivity contribution is -0.206. The molecule has 0 aliphatic heterocycles. The average Bonchev–Trinajstić information content (AvgIpc) is 3.05. The van der Waals surface area contributed by atoms with Crippen molar-refractivity contribution in [2.24, 2.45) is 0 Å². The Balaban J connectivity index is 1.76. The van der Waals surface area contributed by atoms with Crippen LogP contribution in [0.25, 0.3) is 22.3 Å². The van der Waals surface area contributed by atoms with Crippen molar-refractivity contribution in [1.29, 1.82) is 0 Å². The molecule has 0 spiro atoms. The number of halogens is 3. The average molecular weight is 641 g/mol. The van der Waals surface area contributed by atoms with E-state index in [1.165, 1.54) is 62.8 Å². The lowest BCUT2D eigenvalue weighted by atomic mass is 9.93. The SMILES string of the molecule is CCCCCCCCCCOc1ccc(-c2ccc(C(=O)O)cc2)c(-c2ccc(C(=O)OC(CCCCCC)C(F)(F)F)cc2)c1. The predicted octanol–water partition coefficient (Wildman–Crippen LogP) is 11.3. The maximum absolute atomic E-state index is 13.6. The van der Waals surface area contributed by atoms with Gasteiger partial charge in [-0.1, -0.05) is 108 Å². The Morgan fingerprint density at radius 3 is 1.76 bits per heavy atom. The van der Waals surface area contributed by atoms with E-state index in [1.54, 1.807) is 24.3 Å². The zero-order valence-corrected chi connectivity index (χ0v) is 27.0. The molecular weight excluding hydrogens is 593 g/mol. The molecule has 46 heavy (non-hydrogen) atoms. The van der Waals surface area contributed by atoms with Crippen LogP contribution >= 0.6 is 0 Å². The summed E-state index contributed by atoms with van der Waals surface area (Å²) < 4.78 is 51.8. The Morgan fingerprint density at radius 1 is 0.674 bits per heavy atom. The highest BCUT2D eigenvalue weighted by molar-refractivity contribution is 5.92. The molecule has 1 N–H and O–H groups in total. The quantitative estimate of drug-likeness (QED) is 0.0982. The van der Waals surface area contributed by atoms with Gasteiger partial charge in [-0.25, -0.2) is 9.59 Å². The highest BCUT2D eigenvalue weighted by Crippen LogP contribution is 2.36. The fraction of sp³-hybridized carbons (Fsp3) is 0.474. The van der Waals surface area contributed by atoms with E-state index in [1.807, 2.05) is 25.1 Å². The first-order valence-corrected chi connectivity index (χ1v) is 16.6. The van der Waals surface area contributed by atoms with Crippen LogP contribution in [0.4, 0.5) is 13.2 Å². The summed E-state index contributed by atoms with van der Waals surface area (Å²) in [6.45, 7) is 4.76. The molecule has 0 aromatic heterocycles. The summed E-state index contributed by atoms with van der Waals surface area (Å²) in [6, 6.07) is 18.5. The zero-order valence-electron chi connectivity index (χ0n) is 27.0. The van der Waals surface area contributed by atoms with Gasteiger partial charge in [-0.3, -0.25) is 0 Å². The van der Waals surface area contributed by atoms with E-state index in [0.717, 1.165) is 47.9 Å². The van der Waals surface area contributed by atoms with Gasteiger partial charge in [0.2, 0.25) is 0 Å². The van der Waals surface area contributed by atoms with Crippen molar-refractivity contribution in [3.05, 3.63) is 77.9 Å². The molecule has 0 saturated heterocycles. The normalized spacial score (nSPS) is 12.1. The Labute approximate surface area is 271 Å². The molecule has 3 rings (SSSR count). The molecule has 5 nitrogen and oxygen atoms in total. The fourth-order valence-electron chi connectivity index (χ4n) is 5.35. The highest BCUT2D eigenvalue weighted by atomic mass is 19.4. The molecule has 0 fully saturated rings. The monoisotopic (exact) mass is 640 g/mol. The Bertz CT molecular complexity index is 1350. The van der Waals surface area contributed by atoms with Crippen LogP contribution in [0.1, 0.15) is 118 Å². The van der Waals surface area contributed by atoms with Gasteiger partial charge >= 0.3 is 18.1 Å². The first kappa shape index (κ1) is 36.7. The van der Waals surface area contributed by atoms with Gasteiger partial charge in [0.05, 0.1) is 17.7 Å². The summed E-state index contributed by atoms with van der Waals surface area (Å²) in [4.78, 5) is 24.1. The van der Waals surface area contributed by atoms with Crippen LogP contribution < -0.4 is 4.74 Å². The van der Waals surface area contributed by atoms with E-state index in [4.69, 9.17) is 9.47 Å². The summed E-state index contributed by atoms with van der Waals surface area (Å²) in [5.41, 5.74) is 3.30. The Morgan fingerprint density at radius 2 is 1.20 bits per heavy atom. The summed E-state index contributed by atoms with van der Waals surface area (Å²) in [5, 5.41) is 9.32. The number of aromatic carboxylic acids is 1. The number of esters is 1. The summed E-state index contributed by atoms with van der Waals surface area (Å²) >= 11 is 0. The molecule has 0 bridgehead atoms. The summed E-state index contributed by atoms with van der Waals surface area (Å²) in [5.74, 6) is -1.37. The molecule has 250 valence electrons. The van der Waals surface area contributed by atoms with Crippen LogP contribution in [0.3, 0.4) is 0 Å². The van der Waals surface area contributed by atoms with Gasteiger partial charge in [-0.2, -0.15) is 13.2 Å². The lowest BCUT2D eigenvalue weighted by Crippen LogP contribution is -2.33. The molecule has 1 atom stereocenters. The van der Waals surface area contributed by atoms with Crippen LogP contribution in [0.15, 0.2) is 66.7 Å². The Hall–Kier alpha value is -3.81. The van der Waals surface area contributed by atoms with Crippen molar-refractivity contribution in [1.82, 2.24) is 0 Å². The van der Waals surface area contributed by atoms with Gasteiger partial charge in [0, 0.05) is 0 Å². The largest absolute Gasteiger partial charge is 0.494 e. The van der Waals surface area contributed by atoms with Crippen LogP contribution in [0.5, 0.6) is 5.75 Å². The van der Waals surface area contributed by atoms with Crippen molar-refractivity contribution in [3.63, 3.8) is 0 Å². The van der Waals surface area contributed by atoms with E-state index in [-0.39, 0.29) is 17.5 Å². The topological polar surface area (TPSA) is 72.8 Å². The number of carboxylic acid groups (broad SMARTS) is 1. The minimum Gasteiger partial charge on any atom is -0.494 e. The second kappa shape index (κ2) is 19.0. The lowest BCUT2D eigenvalue weighted by Gasteiger charge is -2.21. The van der Waals surface area contributed by atoms with Gasteiger partial charge in [-0.15, -0.1) is 0 Å². The molecule has 8 heteroatoms. The number of benzene rings is 3. The minimum absolute atomic E-state index is 0.0287. The van der Waals surface area contributed by atoms with E-state index < -0.39 is 24.2 Å². The number of carbonyl (C=O) groups excluding carboxylic acids is 1. The number of rotatable bonds is 20. The smallest absolute Gasteiger partial charge is 0.425 e. The molecule has 1 unspecified atom stereocenters. The van der Waals surface area contributed by atoms with E-state index in [2.05, 4.69) is 6.92 Å². The summed E-state index contributed by atoms with van der Waals surface area (Å²) in [6.07, 6.45) is 5.20. The van der Waals surface area contributed by atoms with Crippen molar-refractivity contribution < 1.29 is 37.3 Å². The number of ether oxygens (including phenoxy) is 2. The third kappa shape index (κ3) is 11.8. The zero-order chi connectivity index (χ0) is 33.4. The van der Waals surface area contributed by atoms with Gasteiger partial charge in [-0.05, 0) is 77.9 Å². The van der Waals surface area contributed by atoms with Gasteiger partial charge in [0.25, 0.3) is 0 Å². The van der Waals surface area contributed by atoms with Crippen LogP contribution in [-0.4, -0.2) is 35.9 Å². The van der Waals surface area contributed by atoms with Gasteiger partial charge < -0.3 is 14.6 Å². The van der Waals surface area contributed by atoms with Gasteiger partial charge in [0.1, 0.15) is 5.75 Å². The number of carbonyl (C=O) groups is 2. The number of carboxylic acids is 1. The Kier molecular flexibility index (Phi) is 15.1. The maximum atomic E-state index is 13.6. The van der Waals surface area contributed by atoms with Crippen molar-refractivity contribution >= 4 is 11.9 Å². The van der Waals surface area contributed by atoms with Crippen molar-refractivity contribution in [3.8, 4) is 28.0 Å². The highest BCUT2D eigenvalue weighted by Gasteiger charge is 2.42. The first-order chi connectivity index (χ1) is 22.1. The third-order valence-corrected chi connectivity index (χ3v) is 8.07. The molecule has 3 aromatic carbocycles. The molecule has 3 aromatic rings. The number of hydrogen-bond acceptors (Lipinski definition) is 4. The van der Waals surface area contributed by atoms with Crippen molar-refractivity contribution in [2.75, 3.05) is 6.61 Å². The molecule has 0 radical (unpaired) electrons. The van der Waals surface area contributed by atoms with E-state index >= 15 is 0 Å². The first-order valence-electron chi connectivity index (χ1n) is 16.6. The van der Waals surface area contributed by atoms with Crippen LogP contribution in [0.2, 0.25) is 0 Å². The maximum Gasteiger partial charge on any atom is 0.425 e. The number of alkyl halides is 3. The van der Waals surface area contributed by atoms with Crippen LogP contribution in [0, 0.1) is 0 Å². The fourth-order valence-corrected chi connectivity index (χ4v) is 5.35. The molecule has 0 saturated carbocycles. The second-order valence-electron chi connectivity index (χ2n) is 11.8. The standard InChI is InChI=1S/C38H47F3O5/c1-3-5-7-9-10-11-12-14-26-45-32-24-25-33(28-16-20-30(21-17-28)36(42)43)34(27-32)29-18-22-31(23-19-29)37(44)46-35(38(39,40)41)15-13-8-6-4-2/h16-25,27,35H,3-15,26H2,1-2H3,(H,42,43). The van der Waals surface area contributed by atoms with E-state index in [0.29, 0.717) is 25.2 Å². The molecule has 0 aliphatic rings. The van der Waals surface area contributed by atoms with Gasteiger partial charge in [0.15, 0.2) is 6.10 Å². The summed E-state index contributed by atoms with van der Waals surface area (Å²) in [7, 11) is 0. The third-order valence-electron chi connectivity index (χ3n) is 8.07. The van der Waals surface area contributed by atoms with Crippen LogP contribution in [-0.2, 0) is 4.74 Å².